The molecule has 0 atom stereocenters. The molecule has 0 spiro atoms. The summed E-state index contributed by atoms with van der Waals surface area (Å²) in [5.74, 6) is -1.55. The molecular weight excluding hydrogens is 421 g/mol. The monoisotopic (exact) mass is 436 g/mol. The van der Waals surface area contributed by atoms with Crippen molar-refractivity contribution in [3.63, 3.8) is 0 Å². The molecular formula is C19H15F3N4O5. The molecule has 1 heterocycles. The number of anilines is 1. The predicted octanol–water partition coefficient (Wildman–Crippen LogP) is 3.13. The first-order chi connectivity index (χ1) is 14.6. The molecule has 1 aliphatic heterocycles. The summed E-state index contributed by atoms with van der Waals surface area (Å²) in [6.07, 6.45) is -4.78. The summed E-state index contributed by atoms with van der Waals surface area (Å²) in [6, 6.07) is 8.16. The van der Waals surface area contributed by atoms with E-state index in [1.54, 1.807) is 12.1 Å². The fourth-order valence-electron chi connectivity index (χ4n) is 3.00. The van der Waals surface area contributed by atoms with Crippen LogP contribution in [0.2, 0.25) is 0 Å². The van der Waals surface area contributed by atoms with E-state index in [0.717, 1.165) is 11.0 Å². The number of benzene rings is 2. The number of nitro groups is 1. The first-order valence-corrected chi connectivity index (χ1v) is 8.95. The molecule has 0 aliphatic carbocycles. The van der Waals surface area contributed by atoms with Crippen LogP contribution >= 0.6 is 0 Å². The lowest BCUT2D eigenvalue weighted by atomic mass is 10.1. The number of nitro benzene ring substituents is 1. The molecule has 9 nitrogen and oxygen atoms in total. The number of alkyl halides is 3. The van der Waals surface area contributed by atoms with Crippen LogP contribution in [0.15, 0.2) is 42.5 Å². The second kappa shape index (κ2) is 8.42. The number of rotatable bonds is 7. The zero-order chi connectivity index (χ0) is 22.8. The molecule has 12 heteroatoms. The summed E-state index contributed by atoms with van der Waals surface area (Å²) in [5, 5.41) is 11.0. The number of hydrazine groups is 1. The lowest BCUT2D eigenvalue weighted by Gasteiger charge is -2.14. The molecule has 31 heavy (non-hydrogen) atoms. The van der Waals surface area contributed by atoms with Gasteiger partial charge in [-0.25, -0.2) is 0 Å². The van der Waals surface area contributed by atoms with Gasteiger partial charge in [0, 0.05) is 19.0 Å². The minimum atomic E-state index is -4.75. The highest BCUT2D eigenvalue weighted by Gasteiger charge is 2.35. The molecule has 0 radical (unpaired) electrons. The Bertz CT molecular complexity index is 1040. The third kappa shape index (κ3) is 4.63. The second-order valence-electron chi connectivity index (χ2n) is 6.57. The molecule has 3 rings (SSSR count). The van der Waals surface area contributed by atoms with Crippen LogP contribution in [0.4, 0.5) is 24.5 Å². The molecule has 0 saturated heterocycles. The summed E-state index contributed by atoms with van der Waals surface area (Å²) < 4.78 is 38.2. The molecule has 2 aromatic rings. The first kappa shape index (κ1) is 21.7. The van der Waals surface area contributed by atoms with E-state index in [-0.39, 0.29) is 36.2 Å². The summed E-state index contributed by atoms with van der Waals surface area (Å²) >= 11 is 0. The van der Waals surface area contributed by atoms with Gasteiger partial charge >= 0.3 is 6.18 Å². The Kier molecular flexibility index (Phi) is 5.90. The van der Waals surface area contributed by atoms with Gasteiger partial charge in [0.05, 0.1) is 21.6 Å². The van der Waals surface area contributed by atoms with Gasteiger partial charge in [0.1, 0.15) is 5.69 Å². The van der Waals surface area contributed by atoms with E-state index < -0.39 is 40.1 Å². The van der Waals surface area contributed by atoms with Crippen molar-refractivity contribution in [2.45, 2.75) is 19.0 Å². The Labute approximate surface area is 173 Å². The number of hydrogen-bond acceptors (Lipinski definition) is 6. The SMILES string of the molecule is O=C(CCCN1C(=O)c2ccccc2C1=O)NNc1ccc(C(F)(F)F)cc1[N+](=O)[O-]. The maximum atomic E-state index is 12.7. The molecule has 2 aromatic carbocycles. The molecule has 0 fully saturated rings. The van der Waals surface area contributed by atoms with E-state index >= 15 is 0 Å². The van der Waals surface area contributed by atoms with Gasteiger partial charge in [-0.1, -0.05) is 12.1 Å². The van der Waals surface area contributed by atoms with E-state index in [9.17, 15) is 37.7 Å². The fraction of sp³-hybridized carbons (Fsp3) is 0.211. The van der Waals surface area contributed by atoms with Crippen molar-refractivity contribution in [1.82, 2.24) is 10.3 Å². The Morgan fingerprint density at radius 1 is 1.06 bits per heavy atom. The summed E-state index contributed by atoms with van der Waals surface area (Å²) in [5.41, 5.74) is 2.57. The van der Waals surface area contributed by atoms with Crippen molar-refractivity contribution in [3.05, 3.63) is 69.3 Å². The molecule has 2 N–H and O–H groups in total. The van der Waals surface area contributed by atoms with Crippen molar-refractivity contribution in [2.24, 2.45) is 0 Å². The Balaban J connectivity index is 1.54. The largest absolute Gasteiger partial charge is 0.416 e. The smallest absolute Gasteiger partial charge is 0.292 e. The number of carbonyl (C=O) groups excluding carboxylic acids is 3. The molecule has 1 aliphatic rings. The standard InChI is InChI=1S/C19H15F3N4O5/c20-19(21,22)11-7-8-14(15(10-11)26(30)31)23-24-16(27)6-3-9-25-17(28)12-4-1-2-5-13(12)18(25)29/h1-2,4-5,7-8,10,23H,3,6,9H2,(H,24,27). The summed E-state index contributed by atoms with van der Waals surface area (Å²) in [6.45, 7) is -0.0137. The van der Waals surface area contributed by atoms with Crippen LogP contribution in [-0.2, 0) is 11.0 Å². The number of amides is 3. The third-order valence-corrected chi connectivity index (χ3v) is 4.52. The Morgan fingerprint density at radius 3 is 2.23 bits per heavy atom. The van der Waals surface area contributed by atoms with Gasteiger partial charge < -0.3 is 0 Å². The first-order valence-electron chi connectivity index (χ1n) is 8.95. The van der Waals surface area contributed by atoms with E-state index in [1.165, 1.54) is 12.1 Å². The van der Waals surface area contributed by atoms with E-state index in [0.29, 0.717) is 12.1 Å². The summed E-state index contributed by atoms with van der Waals surface area (Å²) in [7, 11) is 0. The van der Waals surface area contributed by atoms with Crippen LogP contribution in [0, 0.1) is 10.1 Å². The normalized spacial score (nSPS) is 13.2. The van der Waals surface area contributed by atoms with Gasteiger partial charge in [0.25, 0.3) is 17.5 Å². The number of imide groups is 1. The molecule has 162 valence electrons. The summed E-state index contributed by atoms with van der Waals surface area (Å²) in [4.78, 5) is 47.5. The van der Waals surface area contributed by atoms with Gasteiger partial charge in [0.15, 0.2) is 0 Å². The molecule has 0 saturated carbocycles. The van der Waals surface area contributed by atoms with Gasteiger partial charge in [-0.3, -0.25) is 40.2 Å². The highest BCUT2D eigenvalue weighted by atomic mass is 19.4. The van der Waals surface area contributed by atoms with Crippen LogP contribution < -0.4 is 10.9 Å². The number of nitrogens with zero attached hydrogens (tertiary/aromatic N) is 2. The average molecular weight is 436 g/mol. The zero-order valence-electron chi connectivity index (χ0n) is 15.7. The van der Waals surface area contributed by atoms with E-state index in [2.05, 4.69) is 10.9 Å². The number of fused-ring (bicyclic) bond motifs is 1. The van der Waals surface area contributed by atoms with Crippen LogP contribution in [0.25, 0.3) is 0 Å². The molecule has 0 unspecified atom stereocenters. The van der Waals surface area contributed by atoms with Gasteiger partial charge in [-0.15, -0.1) is 0 Å². The minimum absolute atomic E-state index is 0.0137. The Morgan fingerprint density at radius 2 is 1.68 bits per heavy atom. The van der Waals surface area contributed by atoms with Crippen LogP contribution in [0.1, 0.15) is 39.1 Å². The number of carbonyl (C=O) groups is 3. The molecule has 0 aromatic heterocycles. The average Bonchev–Trinajstić information content (AvgIpc) is 2.96. The van der Waals surface area contributed by atoms with E-state index in [4.69, 9.17) is 0 Å². The van der Waals surface area contributed by atoms with Crippen LogP contribution in [0.3, 0.4) is 0 Å². The topological polar surface area (TPSA) is 122 Å². The molecule has 0 bridgehead atoms. The molecule has 3 amide bonds. The van der Waals surface area contributed by atoms with Crippen molar-refractivity contribution in [3.8, 4) is 0 Å². The second-order valence-corrected chi connectivity index (χ2v) is 6.57. The number of hydrogen-bond donors (Lipinski definition) is 2. The highest BCUT2D eigenvalue weighted by molar-refractivity contribution is 6.21. The number of halogens is 3. The van der Waals surface area contributed by atoms with Gasteiger partial charge in [0.2, 0.25) is 5.91 Å². The lowest BCUT2D eigenvalue weighted by Crippen LogP contribution is -2.33. The maximum Gasteiger partial charge on any atom is 0.416 e. The van der Waals surface area contributed by atoms with Gasteiger partial charge in [-0.2, -0.15) is 13.2 Å². The van der Waals surface area contributed by atoms with Crippen molar-refractivity contribution in [1.29, 1.82) is 0 Å². The maximum absolute atomic E-state index is 12.7. The fourth-order valence-corrected chi connectivity index (χ4v) is 3.00. The highest BCUT2D eigenvalue weighted by Crippen LogP contribution is 2.34. The number of nitrogens with one attached hydrogen (secondary N) is 2. The van der Waals surface area contributed by atoms with E-state index in [1.807, 2.05) is 0 Å². The Hall–Kier alpha value is -3.96. The van der Waals surface area contributed by atoms with Crippen LogP contribution in [0.5, 0.6) is 0 Å². The van der Waals surface area contributed by atoms with Crippen molar-refractivity contribution >= 4 is 29.1 Å². The van der Waals surface area contributed by atoms with Crippen molar-refractivity contribution < 1.29 is 32.5 Å². The quantitative estimate of drug-likeness (QED) is 0.391. The van der Waals surface area contributed by atoms with Gasteiger partial charge in [-0.05, 0) is 30.7 Å². The zero-order valence-corrected chi connectivity index (χ0v) is 15.7. The predicted molar refractivity (Wildman–Crippen MR) is 101 cm³/mol. The minimum Gasteiger partial charge on any atom is -0.292 e. The van der Waals surface area contributed by atoms with Crippen LogP contribution in [-0.4, -0.2) is 34.1 Å². The lowest BCUT2D eigenvalue weighted by molar-refractivity contribution is -0.384. The van der Waals surface area contributed by atoms with Crippen molar-refractivity contribution in [2.75, 3.05) is 12.0 Å². The third-order valence-electron chi connectivity index (χ3n) is 4.52.